The van der Waals surface area contributed by atoms with Gasteiger partial charge in [-0.25, -0.2) is 4.79 Å². The Morgan fingerprint density at radius 2 is 1.89 bits per heavy atom. The lowest BCUT2D eigenvalue weighted by molar-refractivity contribution is -0.137. The number of hydrogen-bond acceptors (Lipinski definition) is 3. The average Bonchev–Trinajstić information content (AvgIpc) is 2.35. The number of nitrogens with one attached hydrogen (secondary N) is 1. The first-order valence-corrected chi connectivity index (χ1v) is 6.82. The predicted octanol–water partition coefficient (Wildman–Crippen LogP) is 0.900. The summed E-state index contributed by atoms with van der Waals surface area (Å²) in [4.78, 5) is 24.1. The van der Waals surface area contributed by atoms with Crippen molar-refractivity contribution >= 4 is 12.0 Å². The van der Waals surface area contributed by atoms with Gasteiger partial charge in [-0.3, -0.25) is 4.79 Å². The first kappa shape index (κ1) is 15.8. The SMILES string of the molecule is CC(CNC(=O)N1CCC(C(C)O)CC1)CC(=O)O. The number of piperidine rings is 1. The van der Waals surface area contributed by atoms with E-state index < -0.39 is 5.97 Å². The van der Waals surface area contributed by atoms with Gasteiger partial charge in [0.05, 0.1) is 6.10 Å². The standard InChI is InChI=1S/C13H24N2O4/c1-9(7-12(17)18)8-14-13(19)15-5-3-11(4-6-15)10(2)16/h9-11,16H,3-8H2,1-2H3,(H,14,19)(H,17,18). The summed E-state index contributed by atoms with van der Waals surface area (Å²) < 4.78 is 0. The van der Waals surface area contributed by atoms with E-state index >= 15 is 0 Å². The van der Waals surface area contributed by atoms with Crippen LogP contribution in [0.4, 0.5) is 4.79 Å². The summed E-state index contributed by atoms with van der Waals surface area (Å²) in [6.07, 6.45) is 1.37. The van der Waals surface area contributed by atoms with Crippen LogP contribution < -0.4 is 5.32 Å². The van der Waals surface area contributed by atoms with Crippen molar-refractivity contribution < 1.29 is 19.8 Å². The van der Waals surface area contributed by atoms with Gasteiger partial charge in [-0.2, -0.15) is 0 Å². The summed E-state index contributed by atoms with van der Waals surface area (Å²) >= 11 is 0. The highest BCUT2D eigenvalue weighted by Crippen LogP contribution is 2.20. The zero-order chi connectivity index (χ0) is 14.4. The van der Waals surface area contributed by atoms with Crippen LogP contribution in [0.5, 0.6) is 0 Å². The van der Waals surface area contributed by atoms with Gasteiger partial charge in [0.1, 0.15) is 0 Å². The minimum Gasteiger partial charge on any atom is -0.481 e. The van der Waals surface area contributed by atoms with Crippen molar-refractivity contribution in [2.75, 3.05) is 19.6 Å². The molecule has 1 saturated heterocycles. The van der Waals surface area contributed by atoms with Gasteiger partial charge < -0.3 is 20.4 Å². The number of nitrogens with zero attached hydrogens (tertiary/aromatic N) is 1. The van der Waals surface area contributed by atoms with E-state index in [1.54, 1.807) is 18.7 Å². The van der Waals surface area contributed by atoms with Crippen LogP contribution in [0.25, 0.3) is 0 Å². The normalized spacial score (nSPS) is 19.8. The van der Waals surface area contributed by atoms with Crippen molar-refractivity contribution in [2.45, 2.75) is 39.2 Å². The molecule has 0 bridgehead atoms. The first-order chi connectivity index (χ1) is 8.90. The topological polar surface area (TPSA) is 89.9 Å². The minimum atomic E-state index is -0.848. The molecule has 0 spiro atoms. The van der Waals surface area contributed by atoms with Crippen molar-refractivity contribution in [2.24, 2.45) is 11.8 Å². The lowest BCUT2D eigenvalue weighted by Crippen LogP contribution is -2.46. The molecule has 0 aromatic rings. The molecule has 0 aliphatic carbocycles. The Bertz CT molecular complexity index is 312. The van der Waals surface area contributed by atoms with E-state index in [1.165, 1.54) is 0 Å². The third kappa shape index (κ3) is 5.46. The van der Waals surface area contributed by atoms with E-state index in [0.29, 0.717) is 19.6 Å². The van der Waals surface area contributed by atoms with Crippen molar-refractivity contribution in [1.29, 1.82) is 0 Å². The second-order valence-corrected chi connectivity index (χ2v) is 5.45. The van der Waals surface area contributed by atoms with Crippen LogP contribution in [0.3, 0.4) is 0 Å². The van der Waals surface area contributed by atoms with E-state index in [2.05, 4.69) is 5.32 Å². The molecule has 3 N–H and O–H groups in total. The van der Waals surface area contributed by atoms with Crippen LogP contribution >= 0.6 is 0 Å². The van der Waals surface area contributed by atoms with E-state index in [0.717, 1.165) is 12.8 Å². The molecular formula is C13H24N2O4. The zero-order valence-electron chi connectivity index (χ0n) is 11.6. The van der Waals surface area contributed by atoms with Crippen LogP contribution in [0.15, 0.2) is 0 Å². The minimum absolute atomic E-state index is 0.0599. The van der Waals surface area contributed by atoms with Crippen molar-refractivity contribution in [3.05, 3.63) is 0 Å². The van der Waals surface area contributed by atoms with Crippen LogP contribution in [0.2, 0.25) is 0 Å². The maximum atomic E-state index is 11.9. The molecule has 110 valence electrons. The Balaban J connectivity index is 2.26. The maximum Gasteiger partial charge on any atom is 0.317 e. The number of carboxylic acids is 1. The summed E-state index contributed by atoms with van der Waals surface area (Å²) in [7, 11) is 0. The number of aliphatic carboxylic acids is 1. The molecule has 0 saturated carbocycles. The van der Waals surface area contributed by atoms with Gasteiger partial charge >= 0.3 is 12.0 Å². The second kappa shape index (κ2) is 7.33. The van der Waals surface area contributed by atoms with Gasteiger partial charge in [0.15, 0.2) is 0 Å². The van der Waals surface area contributed by atoms with Gasteiger partial charge in [0, 0.05) is 26.1 Å². The Labute approximate surface area is 113 Å². The number of rotatable bonds is 5. The molecule has 0 aromatic carbocycles. The third-order valence-electron chi connectivity index (χ3n) is 3.63. The molecule has 0 aromatic heterocycles. The highest BCUT2D eigenvalue weighted by atomic mass is 16.4. The smallest absolute Gasteiger partial charge is 0.317 e. The summed E-state index contributed by atoms with van der Waals surface area (Å²) in [5, 5.41) is 20.9. The van der Waals surface area contributed by atoms with E-state index in [9.17, 15) is 14.7 Å². The number of hydrogen-bond donors (Lipinski definition) is 3. The molecule has 0 radical (unpaired) electrons. The molecule has 2 unspecified atom stereocenters. The lowest BCUT2D eigenvalue weighted by Gasteiger charge is -2.33. The molecule has 6 nitrogen and oxygen atoms in total. The number of carbonyl (C=O) groups excluding carboxylic acids is 1. The number of aliphatic hydroxyl groups is 1. The number of aliphatic hydroxyl groups excluding tert-OH is 1. The van der Waals surface area contributed by atoms with Crippen molar-refractivity contribution in [3.8, 4) is 0 Å². The van der Waals surface area contributed by atoms with Crippen molar-refractivity contribution in [1.82, 2.24) is 10.2 Å². The number of carbonyl (C=O) groups is 2. The van der Waals surface area contributed by atoms with Crippen LogP contribution in [-0.2, 0) is 4.79 Å². The zero-order valence-corrected chi connectivity index (χ0v) is 11.6. The number of carboxylic acid groups (broad SMARTS) is 1. The summed E-state index contributed by atoms with van der Waals surface area (Å²) in [6, 6.07) is -0.138. The molecule has 1 fully saturated rings. The van der Waals surface area contributed by atoms with Gasteiger partial charge in [0.25, 0.3) is 0 Å². The molecule has 2 atom stereocenters. The monoisotopic (exact) mass is 272 g/mol. The Kier molecular flexibility index (Phi) is 6.08. The largest absolute Gasteiger partial charge is 0.481 e. The molecule has 2 amide bonds. The third-order valence-corrected chi connectivity index (χ3v) is 3.63. The lowest BCUT2D eigenvalue weighted by atomic mass is 9.92. The predicted molar refractivity (Wildman–Crippen MR) is 70.8 cm³/mol. The first-order valence-electron chi connectivity index (χ1n) is 6.82. The van der Waals surface area contributed by atoms with E-state index in [4.69, 9.17) is 5.11 Å². The van der Waals surface area contributed by atoms with Gasteiger partial charge in [-0.1, -0.05) is 6.92 Å². The molecule has 6 heteroatoms. The fraction of sp³-hybridized carbons (Fsp3) is 0.846. The van der Waals surface area contributed by atoms with E-state index in [1.807, 2.05) is 0 Å². The molecular weight excluding hydrogens is 248 g/mol. The molecule has 1 aliphatic heterocycles. The van der Waals surface area contributed by atoms with Crippen LogP contribution in [0, 0.1) is 11.8 Å². The quantitative estimate of drug-likeness (QED) is 0.693. The average molecular weight is 272 g/mol. The Morgan fingerprint density at radius 1 is 1.32 bits per heavy atom. The van der Waals surface area contributed by atoms with Crippen molar-refractivity contribution in [3.63, 3.8) is 0 Å². The Hall–Kier alpha value is -1.30. The highest BCUT2D eigenvalue weighted by Gasteiger charge is 2.25. The van der Waals surface area contributed by atoms with E-state index in [-0.39, 0.29) is 30.4 Å². The van der Waals surface area contributed by atoms with Crippen LogP contribution in [0.1, 0.15) is 33.1 Å². The van der Waals surface area contributed by atoms with Gasteiger partial charge in [0.2, 0.25) is 0 Å². The number of urea groups is 1. The summed E-state index contributed by atoms with van der Waals surface area (Å²) in [6.45, 7) is 5.26. The fourth-order valence-corrected chi connectivity index (χ4v) is 2.33. The molecule has 19 heavy (non-hydrogen) atoms. The maximum absolute atomic E-state index is 11.9. The second-order valence-electron chi connectivity index (χ2n) is 5.45. The molecule has 1 heterocycles. The van der Waals surface area contributed by atoms with Gasteiger partial charge in [-0.15, -0.1) is 0 Å². The molecule has 1 aliphatic rings. The fourth-order valence-electron chi connectivity index (χ4n) is 2.33. The number of amides is 2. The summed E-state index contributed by atoms with van der Waals surface area (Å²) in [5.74, 6) is -0.647. The van der Waals surface area contributed by atoms with Crippen LogP contribution in [-0.4, -0.2) is 52.9 Å². The highest BCUT2D eigenvalue weighted by molar-refractivity contribution is 5.74. The van der Waals surface area contributed by atoms with Gasteiger partial charge in [-0.05, 0) is 31.6 Å². The molecule has 1 rings (SSSR count). The summed E-state index contributed by atoms with van der Waals surface area (Å²) in [5.41, 5.74) is 0. The number of likely N-dealkylation sites (tertiary alicyclic amines) is 1. The Morgan fingerprint density at radius 3 is 2.37 bits per heavy atom.